The molecule has 0 saturated carbocycles. The first-order chi connectivity index (χ1) is 54.7. The van der Waals surface area contributed by atoms with Crippen LogP contribution in [0.5, 0.6) is 11.5 Å². The summed E-state index contributed by atoms with van der Waals surface area (Å²) in [6, 6.07) is 37.8. The minimum atomic E-state index is -1.16. The van der Waals surface area contributed by atoms with Crippen molar-refractivity contribution in [3.8, 4) is 22.9 Å². The van der Waals surface area contributed by atoms with Gasteiger partial charge in [0.2, 0.25) is 12.7 Å². The highest BCUT2D eigenvalue weighted by molar-refractivity contribution is 5.85. The molecule has 0 spiro atoms. The van der Waals surface area contributed by atoms with Crippen molar-refractivity contribution in [2.75, 3.05) is 98.4 Å². The zero-order chi connectivity index (χ0) is 80.6. The second kappa shape index (κ2) is 37.5. The molecule has 14 rings (SSSR count). The molecule has 0 radical (unpaired) electrons. The van der Waals surface area contributed by atoms with Crippen LogP contribution in [0.15, 0.2) is 181 Å². The van der Waals surface area contributed by atoms with Gasteiger partial charge in [-0.3, -0.25) is 0 Å². The van der Waals surface area contributed by atoms with Crippen LogP contribution in [-0.4, -0.2) is 172 Å². The number of aliphatic hydroxyl groups excluding tert-OH is 2. The second-order valence-corrected chi connectivity index (χ2v) is 30.7. The number of anilines is 4. The minimum Gasteiger partial charge on any atom is -1.00 e. The van der Waals surface area contributed by atoms with Crippen LogP contribution in [-0.2, 0) is 61.2 Å². The summed E-state index contributed by atoms with van der Waals surface area (Å²) in [5.41, 5.74) is 2.69. The molecule has 3 N–H and O–H groups in total. The van der Waals surface area contributed by atoms with E-state index in [9.17, 15) is 38.2 Å². The van der Waals surface area contributed by atoms with Crippen LogP contribution in [0.1, 0.15) is 97.4 Å². The lowest BCUT2D eigenvalue weighted by Crippen LogP contribution is -3.00. The number of nitrogens with zero attached hydrogens (tertiary/aromatic N) is 16. The van der Waals surface area contributed by atoms with E-state index in [1.54, 1.807) is 50.2 Å². The molecule has 8 heterocycles. The maximum Gasteiger partial charge on any atom is 0.350 e. The van der Waals surface area contributed by atoms with Gasteiger partial charge in [-0.2, -0.15) is 10.2 Å². The lowest BCUT2D eigenvalue weighted by Gasteiger charge is -2.37. The lowest BCUT2D eigenvalue weighted by molar-refractivity contribution is -0.687. The fraction of sp³-hybridized carbons (Fsp3) is 0.439. The molecule has 4 aliphatic rings. The molecule has 0 amide bonds. The number of rotatable bonds is 28. The molecule has 116 heavy (non-hydrogen) atoms. The Hall–Kier alpha value is -10.6. The van der Waals surface area contributed by atoms with Gasteiger partial charge in [0.25, 0.3) is 12.7 Å². The van der Waals surface area contributed by atoms with Gasteiger partial charge >= 0.3 is 23.3 Å². The number of aromatic nitrogens is 12. The van der Waals surface area contributed by atoms with Crippen molar-refractivity contribution in [3.05, 3.63) is 227 Å². The number of carboxylic acid groups (broad SMARTS) is 1. The van der Waals surface area contributed by atoms with Crippen LogP contribution in [0.3, 0.4) is 0 Å². The van der Waals surface area contributed by atoms with Gasteiger partial charge in [0, 0.05) is 120 Å². The molecule has 4 aliphatic heterocycles. The van der Waals surface area contributed by atoms with Gasteiger partial charge in [-0.1, -0.05) is 26.0 Å². The Bertz CT molecular complexity index is 5050. The summed E-state index contributed by atoms with van der Waals surface area (Å²) in [6.45, 7) is 20.3. The number of hydrogen-bond acceptors (Lipinski definition) is 19. The van der Waals surface area contributed by atoms with E-state index < -0.39 is 64.2 Å². The van der Waals surface area contributed by atoms with E-state index in [-0.39, 0.29) is 104 Å². The van der Waals surface area contributed by atoms with Crippen molar-refractivity contribution in [1.82, 2.24) is 48.3 Å². The van der Waals surface area contributed by atoms with Crippen LogP contribution in [0.25, 0.3) is 11.4 Å². The number of esters is 1. The first-order valence-corrected chi connectivity index (χ1v) is 38.5. The molecular weight excluding hydrogens is 1550 g/mol. The summed E-state index contributed by atoms with van der Waals surface area (Å²) >= 11 is 0. The number of carboxylic acids is 1. The Morgan fingerprint density at radius 1 is 0.534 bits per heavy atom. The summed E-state index contributed by atoms with van der Waals surface area (Å²) in [5.74, 6) is -3.02. The van der Waals surface area contributed by atoms with Gasteiger partial charge in [0.1, 0.15) is 77.3 Å². The number of halogens is 6. The second-order valence-electron chi connectivity index (χ2n) is 30.7. The molecule has 0 unspecified atom stereocenters. The third kappa shape index (κ3) is 20.4. The molecule has 4 aromatic heterocycles. The predicted molar refractivity (Wildman–Crippen MR) is 420 cm³/mol. The number of aliphatic carboxylic acids is 1. The van der Waals surface area contributed by atoms with Gasteiger partial charge in [-0.05, 0) is 169 Å². The molecule has 620 valence electrons. The molecule has 4 fully saturated rings. The van der Waals surface area contributed by atoms with Gasteiger partial charge in [0.05, 0.1) is 62.1 Å². The highest BCUT2D eigenvalue weighted by atomic mass is 35.5. The van der Waals surface area contributed by atoms with Crippen LogP contribution < -0.4 is 62.0 Å². The average molecular weight is 1650 g/mol. The molecule has 34 heteroatoms. The summed E-state index contributed by atoms with van der Waals surface area (Å²) in [7, 11) is 0. The molecule has 8 atom stereocenters. The smallest absolute Gasteiger partial charge is 0.350 e. The standard InChI is InChI=1S/C43H53F2N8O6.C39H44F2N8O6.2ClH/c1-6-39(30(2)54)53-41(56)52(28-47-53)35-10-8-33(9-11-35)49-17-19-50(20-18-49)34-12-14-36(15-13-34)57-24-31-22-43(58-25-31,37-16-7-32(44)21-38(37)45)26-51-29-48(27-46-51)23-40(55)59-42(3,4)5;1-3-36(27(2)50)49-38(53)48(25-43-49)32-7-5-30(6-8-32)45-14-16-46(17-15-45)31-9-11-33(12-10-31)54-21-28-19-39(55-22-28,34-13-4-29(40)18-35(34)41)23-47-26-44(24-42-47)20-37(51)52;;/h7-16,21,27-31,39,54H,6,17-20,22-26H2,1-5H3;4-13,18,24-28,36,50H,3,14-17,19-23H2,1-2H3;2*1H/q+1;;;/t30-,31+,39-,43-;27-,28+,36-,39-;;/m00../s1. The van der Waals surface area contributed by atoms with E-state index in [0.29, 0.717) is 68.4 Å². The third-order valence-electron chi connectivity index (χ3n) is 21.3. The van der Waals surface area contributed by atoms with Crippen molar-refractivity contribution >= 4 is 47.1 Å². The van der Waals surface area contributed by atoms with E-state index in [0.717, 1.165) is 87.2 Å². The van der Waals surface area contributed by atoms with Crippen molar-refractivity contribution in [2.45, 2.75) is 141 Å². The summed E-state index contributed by atoms with van der Waals surface area (Å²) in [6.07, 6.45) is 9.64. The van der Waals surface area contributed by atoms with Crippen molar-refractivity contribution in [2.24, 2.45) is 11.8 Å². The highest BCUT2D eigenvalue weighted by Crippen LogP contribution is 2.44. The van der Waals surface area contributed by atoms with Crippen LogP contribution in [0, 0.1) is 35.1 Å². The van der Waals surface area contributed by atoms with Crippen LogP contribution >= 0.6 is 12.4 Å². The number of benzene rings is 6. The van der Waals surface area contributed by atoms with Gasteiger partial charge in [0.15, 0.2) is 13.1 Å². The quantitative estimate of drug-likeness (QED) is 0.0298. The average Bonchev–Trinajstić information content (AvgIpc) is 1.61. The Morgan fingerprint density at radius 2 is 0.879 bits per heavy atom. The minimum absolute atomic E-state index is 0. The third-order valence-corrected chi connectivity index (χ3v) is 21.3. The maximum atomic E-state index is 15.3. The van der Waals surface area contributed by atoms with Crippen molar-refractivity contribution in [1.29, 1.82) is 0 Å². The molecule has 0 bridgehead atoms. The fourth-order valence-corrected chi connectivity index (χ4v) is 15.6. The first kappa shape index (κ1) is 86.2. The topological polar surface area (TPSA) is 277 Å². The molecular formula is C82H99Cl2F4N16O12+. The Labute approximate surface area is 681 Å². The zero-order valence-corrected chi connectivity index (χ0v) is 67.3. The summed E-state index contributed by atoms with van der Waals surface area (Å²) in [5, 5.41) is 46.4. The van der Waals surface area contributed by atoms with Crippen LogP contribution in [0.2, 0.25) is 0 Å². The molecule has 28 nitrogen and oxygen atoms in total. The highest BCUT2D eigenvalue weighted by Gasteiger charge is 2.48. The number of carbonyl (C=O) groups excluding carboxylic acids is 1. The summed E-state index contributed by atoms with van der Waals surface area (Å²) in [4.78, 5) is 58.9. The molecule has 10 aromatic rings. The Balaban J connectivity index is 0.000000225. The lowest BCUT2D eigenvalue weighted by atomic mass is 9.87. The van der Waals surface area contributed by atoms with E-state index in [1.807, 2.05) is 111 Å². The number of hydrogen-bond donors (Lipinski definition) is 3. The fourth-order valence-electron chi connectivity index (χ4n) is 15.6. The number of piperazine rings is 2. The monoisotopic (exact) mass is 1650 g/mol. The molecule has 4 saturated heterocycles. The van der Waals surface area contributed by atoms with Gasteiger partial charge < -0.3 is 71.0 Å². The van der Waals surface area contributed by atoms with E-state index in [1.165, 1.54) is 83.6 Å². The van der Waals surface area contributed by atoms with E-state index in [2.05, 4.69) is 40.0 Å². The van der Waals surface area contributed by atoms with E-state index >= 15 is 8.78 Å². The van der Waals surface area contributed by atoms with E-state index in [4.69, 9.17) is 28.8 Å². The van der Waals surface area contributed by atoms with Gasteiger partial charge in [-0.25, -0.2) is 64.4 Å². The molecule has 0 aliphatic carbocycles. The number of carbonyl (C=O) groups is 2. The number of ether oxygens (including phenoxy) is 5. The largest absolute Gasteiger partial charge is 1.00 e. The summed E-state index contributed by atoms with van der Waals surface area (Å²) < 4.78 is 101. The zero-order valence-electron chi connectivity index (χ0n) is 65.7. The molecule has 6 aromatic carbocycles. The SMILES string of the molecule is CC[C@@H]([C@H](C)O)n1ncn(-c2ccc(N3CCN(c4ccc(OC[C@@H]5CO[C@@](Cn6c[n+](CC(=O)O)cn6)(c6ccc(F)cc6F)C5)cc4)CC3)cc2)c1=O.CC[C@@H]([C@H](C)O)n1ncn(-c2ccc(N3CCN(c4ccc(OC[C@@H]5CO[C@@](Cn6c[n+](CC(=O)OC(C)(C)C)cn6)(c6ccc(F)cc6F)C5)cc4)CC3)cc2)c1=O.Cl.[Cl-]. The first-order valence-electron chi connectivity index (χ1n) is 38.5. The van der Waals surface area contributed by atoms with Gasteiger partial charge in [-0.15, -0.1) is 21.8 Å². The van der Waals surface area contributed by atoms with Crippen molar-refractivity contribution in [3.63, 3.8) is 0 Å². The normalized spacial score (nSPS) is 19.3. The van der Waals surface area contributed by atoms with Crippen LogP contribution in [0.4, 0.5) is 40.3 Å². The van der Waals surface area contributed by atoms with Crippen molar-refractivity contribution < 1.29 is 87.7 Å². The predicted octanol–water partition coefficient (Wildman–Crippen LogP) is 5.78. The Kier molecular flexibility index (Phi) is 27.9. The number of aliphatic hydroxyl groups is 2. The maximum absolute atomic E-state index is 15.3. The Morgan fingerprint density at radius 3 is 1.21 bits per heavy atom.